The van der Waals surface area contributed by atoms with Crippen LogP contribution in [0.25, 0.3) is 10.4 Å². The monoisotopic (exact) mass is 369 g/mol. The van der Waals surface area contributed by atoms with Crippen molar-refractivity contribution in [3.63, 3.8) is 0 Å². The molecule has 2 rings (SSSR count). The van der Waals surface area contributed by atoms with Crippen molar-refractivity contribution in [2.24, 2.45) is 0 Å². The summed E-state index contributed by atoms with van der Waals surface area (Å²) in [7, 11) is 1.62. The van der Waals surface area contributed by atoms with Crippen LogP contribution in [0.3, 0.4) is 0 Å². The molecule has 0 saturated heterocycles. The Balaban J connectivity index is 2.55. The molecule has 0 aliphatic carbocycles. The molecule has 0 saturated carbocycles. The summed E-state index contributed by atoms with van der Waals surface area (Å²) in [6.45, 7) is 4.00. The molecule has 1 heterocycles. The Morgan fingerprint density at radius 1 is 1.43 bits per heavy atom. The molecule has 0 radical (unpaired) electrons. The maximum Gasteiger partial charge on any atom is 0.350 e. The average Bonchev–Trinajstić information content (AvgIpc) is 2.76. The Hall–Kier alpha value is -1.53. The highest BCUT2D eigenvalue weighted by atomic mass is 79.9. The largest absolute Gasteiger partial charge is 0.497 e. The molecule has 0 unspecified atom stereocenters. The van der Waals surface area contributed by atoms with Crippen molar-refractivity contribution >= 4 is 38.9 Å². The van der Waals surface area contributed by atoms with Gasteiger partial charge in [0.15, 0.2) is 0 Å². The Kier molecular flexibility index (Phi) is 4.90. The highest BCUT2D eigenvalue weighted by molar-refractivity contribution is 9.10. The van der Waals surface area contributed by atoms with Crippen LogP contribution in [0, 0.1) is 6.92 Å². The summed E-state index contributed by atoms with van der Waals surface area (Å²) in [5.41, 5.74) is 8.35. The first-order chi connectivity index (χ1) is 9.99. The van der Waals surface area contributed by atoms with E-state index < -0.39 is 0 Å². The Labute approximate surface area is 136 Å². The zero-order valence-electron chi connectivity index (χ0n) is 12.0. The van der Waals surface area contributed by atoms with Crippen LogP contribution in [0.1, 0.15) is 22.2 Å². The van der Waals surface area contributed by atoms with E-state index in [1.54, 1.807) is 14.0 Å². The molecule has 0 fully saturated rings. The lowest BCUT2D eigenvalue weighted by Crippen LogP contribution is -2.05. The minimum atomic E-state index is -0.381. The van der Waals surface area contributed by atoms with Crippen LogP contribution >= 0.6 is 27.3 Å². The van der Waals surface area contributed by atoms with Crippen LogP contribution in [-0.2, 0) is 4.74 Å². The summed E-state index contributed by atoms with van der Waals surface area (Å²) in [5, 5.41) is 0. The van der Waals surface area contributed by atoms with E-state index in [4.69, 9.17) is 15.2 Å². The van der Waals surface area contributed by atoms with Crippen molar-refractivity contribution in [3.05, 3.63) is 33.1 Å². The van der Waals surface area contributed by atoms with E-state index in [9.17, 15) is 4.79 Å². The van der Waals surface area contributed by atoms with Gasteiger partial charge in [-0.3, -0.25) is 0 Å². The van der Waals surface area contributed by atoms with Crippen LogP contribution < -0.4 is 10.5 Å². The fourth-order valence-corrected chi connectivity index (χ4v) is 3.66. The van der Waals surface area contributed by atoms with E-state index in [2.05, 4.69) is 15.9 Å². The molecule has 2 N–H and O–H groups in total. The minimum Gasteiger partial charge on any atom is -0.497 e. The summed E-state index contributed by atoms with van der Waals surface area (Å²) in [6, 6.07) is 5.69. The number of thiophene rings is 1. The Morgan fingerprint density at radius 2 is 2.14 bits per heavy atom. The highest BCUT2D eigenvalue weighted by Gasteiger charge is 2.21. The lowest BCUT2D eigenvalue weighted by atomic mass is 10.1. The zero-order valence-corrected chi connectivity index (χ0v) is 14.4. The molecule has 4 nitrogen and oxygen atoms in total. The molecule has 0 amide bonds. The predicted octanol–water partition coefficient (Wildman–Crippen LogP) is 4.25. The number of halogens is 1. The molecule has 0 atom stereocenters. The van der Waals surface area contributed by atoms with Crippen LogP contribution in [0.2, 0.25) is 0 Å². The number of nitrogen functional groups attached to an aromatic ring is 1. The van der Waals surface area contributed by atoms with Gasteiger partial charge in [0.1, 0.15) is 10.6 Å². The average molecular weight is 370 g/mol. The van der Waals surface area contributed by atoms with Crippen molar-refractivity contribution in [2.75, 3.05) is 19.5 Å². The maximum atomic E-state index is 11.9. The second-order valence-corrected chi connectivity index (χ2v) is 6.24. The summed E-state index contributed by atoms with van der Waals surface area (Å²) >= 11 is 4.86. The molecule has 6 heteroatoms. The standard InChI is InChI=1S/C15H16BrNO3S/c1-4-20-15(18)14-12(17)8(2)13(21-14)10-7-9(19-3)5-6-11(10)16/h5-7H,4,17H2,1-3H3. The van der Waals surface area contributed by atoms with Gasteiger partial charge in [-0.1, -0.05) is 15.9 Å². The Morgan fingerprint density at radius 3 is 2.76 bits per heavy atom. The number of ether oxygens (including phenoxy) is 2. The number of rotatable bonds is 4. The van der Waals surface area contributed by atoms with Gasteiger partial charge in [0.2, 0.25) is 0 Å². The number of carbonyl (C=O) groups is 1. The summed E-state index contributed by atoms with van der Waals surface area (Å²) in [5.74, 6) is 0.366. The minimum absolute atomic E-state index is 0.327. The van der Waals surface area contributed by atoms with Crippen LogP contribution in [0.5, 0.6) is 5.75 Å². The third kappa shape index (κ3) is 3.06. The Bertz CT molecular complexity index is 682. The number of esters is 1. The third-order valence-electron chi connectivity index (χ3n) is 3.07. The summed E-state index contributed by atoms with van der Waals surface area (Å²) in [6.07, 6.45) is 0. The molecule has 112 valence electrons. The maximum absolute atomic E-state index is 11.9. The lowest BCUT2D eigenvalue weighted by molar-refractivity contribution is 0.0533. The van der Waals surface area contributed by atoms with Crippen molar-refractivity contribution in [2.45, 2.75) is 13.8 Å². The van der Waals surface area contributed by atoms with Gasteiger partial charge in [0.25, 0.3) is 0 Å². The molecule has 21 heavy (non-hydrogen) atoms. The van der Waals surface area contributed by atoms with Crippen LogP contribution in [0.15, 0.2) is 22.7 Å². The zero-order chi connectivity index (χ0) is 15.6. The van der Waals surface area contributed by atoms with Gasteiger partial charge < -0.3 is 15.2 Å². The topological polar surface area (TPSA) is 61.5 Å². The number of hydrogen-bond donors (Lipinski definition) is 1. The fourth-order valence-electron chi connectivity index (χ4n) is 1.94. The fraction of sp³-hybridized carbons (Fsp3) is 0.267. The van der Waals surface area contributed by atoms with Gasteiger partial charge in [-0.25, -0.2) is 4.79 Å². The molecule has 0 aliphatic rings. The molecule has 1 aromatic heterocycles. The van der Waals surface area contributed by atoms with Crippen molar-refractivity contribution in [1.29, 1.82) is 0 Å². The molecule has 0 spiro atoms. The normalized spacial score (nSPS) is 10.5. The van der Waals surface area contributed by atoms with Gasteiger partial charge >= 0.3 is 5.97 Å². The van der Waals surface area contributed by atoms with E-state index >= 15 is 0 Å². The predicted molar refractivity (Wildman–Crippen MR) is 89.1 cm³/mol. The van der Waals surface area contributed by atoms with Gasteiger partial charge in [-0.05, 0) is 37.6 Å². The molecule has 2 aromatic rings. The lowest BCUT2D eigenvalue weighted by Gasteiger charge is -2.06. The summed E-state index contributed by atoms with van der Waals surface area (Å²) < 4.78 is 11.2. The number of nitrogens with two attached hydrogens (primary N) is 1. The van der Waals surface area contributed by atoms with E-state index in [1.165, 1.54) is 11.3 Å². The number of benzene rings is 1. The first-order valence-corrected chi connectivity index (χ1v) is 8.00. The second-order valence-electron chi connectivity index (χ2n) is 4.37. The molecule has 0 bridgehead atoms. The van der Waals surface area contributed by atoms with Crippen molar-refractivity contribution in [1.82, 2.24) is 0 Å². The molecule has 1 aromatic carbocycles. The molecule has 0 aliphatic heterocycles. The highest BCUT2D eigenvalue weighted by Crippen LogP contribution is 2.42. The van der Waals surface area contributed by atoms with Gasteiger partial charge in [-0.15, -0.1) is 11.3 Å². The van der Waals surface area contributed by atoms with Crippen molar-refractivity contribution < 1.29 is 14.3 Å². The first kappa shape index (κ1) is 15.9. The number of anilines is 1. The second kappa shape index (κ2) is 6.49. The first-order valence-electron chi connectivity index (χ1n) is 6.39. The third-order valence-corrected chi connectivity index (χ3v) is 5.08. The number of methoxy groups -OCH3 is 1. The van der Waals surface area contributed by atoms with Crippen molar-refractivity contribution in [3.8, 4) is 16.2 Å². The van der Waals surface area contributed by atoms with E-state index in [-0.39, 0.29) is 5.97 Å². The number of carbonyl (C=O) groups excluding carboxylic acids is 1. The smallest absolute Gasteiger partial charge is 0.350 e. The van der Waals surface area contributed by atoms with Crippen LogP contribution in [0.4, 0.5) is 5.69 Å². The summed E-state index contributed by atoms with van der Waals surface area (Å²) in [4.78, 5) is 13.3. The van der Waals surface area contributed by atoms with E-state index in [0.29, 0.717) is 17.2 Å². The van der Waals surface area contributed by atoms with E-state index in [1.807, 2.05) is 25.1 Å². The van der Waals surface area contributed by atoms with Crippen LogP contribution in [-0.4, -0.2) is 19.7 Å². The SMILES string of the molecule is CCOC(=O)c1sc(-c2cc(OC)ccc2Br)c(C)c1N. The van der Waals surface area contributed by atoms with Gasteiger partial charge in [0.05, 0.1) is 19.4 Å². The molecular formula is C15H16BrNO3S. The number of hydrogen-bond acceptors (Lipinski definition) is 5. The van der Waals surface area contributed by atoms with Gasteiger partial charge in [-0.2, -0.15) is 0 Å². The van der Waals surface area contributed by atoms with E-state index in [0.717, 1.165) is 26.2 Å². The molecular weight excluding hydrogens is 354 g/mol. The quantitative estimate of drug-likeness (QED) is 0.818. The van der Waals surface area contributed by atoms with Gasteiger partial charge in [0, 0.05) is 14.9 Å².